The molecule has 0 radical (unpaired) electrons. The van der Waals surface area contributed by atoms with Crippen LogP contribution < -0.4 is 5.32 Å². The third-order valence-electron chi connectivity index (χ3n) is 6.77. The lowest BCUT2D eigenvalue weighted by atomic mass is 9.89. The van der Waals surface area contributed by atoms with Crippen molar-refractivity contribution in [2.45, 2.75) is 45.1 Å². The van der Waals surface area contributed by atoms with Crippen LogP contribution >= 0.6 is 0 Å². The highest BCUT2D eigenvalue weighted by molar-refractivity contribution is 5.96. The third-order valence-corrected chi connectivity index (χ3v) is 6.77. The summed E-state index contributed by atoms with van der Waals surface area (Å²) in [6.45, 7) is 5.42. The summed E-state index contributed by atoms with van der Waals surface area (Å²) < 4.78 is 0. The molecule has 2 aromatic rings. The van der Waals surface area contributed by atoms with Crippen molar-refractivity contribution in [3.63, 3.8) is 0 Å². The molecule has 1 saturated heterocycles. The molecule has 0 aliphatic carbocycles. The summed E-state index contributed by atoms with van der Waals surface area (Å²) in [5, 5.41) is 19.1. The smallest absolute Gasteiger partial charge is 0.328 e. The van der Waals surface area contributed by atoms with Crippen molar-refractivity contribution in [1.82, 2.24) is 10.2 Å². The molecule has 0 aromatic heterocycles. The molecule has 2 heterocycles. The molecule has 0 bridgehead atoms. The van der Waals surface area contributed by atoms with Crippen molar-refractivity contribution in [2.75, 3.05) is 26.2 Å². The summed E-state index contributed by atoms with van der Waals surface area (Å²) in [7, 11) is 0. The molecular formula is C29H36N2O5. The van der Waals surface area contributed by atoms with Crippen molar-refractivity contribution in [2.24, 2.45) is 5.92 Å². The van der Waals surface area contributed by atoms with Crippen molar-refractivity contribution >= 4 is 17.7 Å². The van der Waals surface area contributed by atoms with E-state index in [1.54, 1.807) is 0 Å². The predicted molar refractivity (Wildman–Crippen MR) is 139 cm³/mol. The van der Waals surface area contributed by atoms with Gasteiger partial charge in [0.1, 0.15) is 0 Å². The van der Waals surface area contributed by atoms with Crippen LogP contribution in [-0.2, 0) is 29.0 Å². The second-order valence-corrected chi connectivity index (χ2v) is 9.41. The molecule has 2 aromatic carbocycles. The fraction of sp³-hybridized carbons (Fsp3) is 0.414. The van der Waals surface area contributed by atoms with Crippen LogP contribution in [0.4, 0.5) is 0 Å². The number of hydrogen-bond acceptors (Lipinski definition) is 5. The molecule has 192 valence electrons. The first-order valence-corrected chi connectivity index (χ1v) is 12.7. The van der Waals surface area contributed by atoms with Gasteiger partial charge in [-0.2, -0.15) is 0 Å². The summed E-state index contributed by atoms with van der Waals surface area (Å²) in [5.41, 5.74) is 5.09. The van der Waals surface area contributed by atoms with Gasteiger partial charge in [-0.15, -0.1) is 0 Å². The number of benzene rings is 2. The third kappa shape index (κ3) is 9.40. The molecular weight excluding hydrogens is 456 g/mol. The second kappa shape index (κ2) is 14.3. The highest BCUT2D eigenvalue weighted by Gasteiger charge is 2.20. The molecule has 0 amide bonds. The number of fused-ring (bicyclic) bond motifs is 1. The first-order chi connectivity index (χ1) is 17.4. The molecule has 36 heavy (non-hydrogen) atoms. The fourth-order valence-electron chi connectivity index (χ4n) is 4.74. The van der Waals surface area contributed by atoms with E-state index < -0.39 is 11.9 Å². The maximum atomic E-state index is 12.7. The van der Waals surface area contributed by atoms with Crippen LogP contribution in [0.15, 0.2) is 60.7 Å². The zero-order valence-corrected chi connectivity index (χ0v) is 20.7. The van der Waals surface area contributed by atoms with E-state index >= 15 is 0 Å². The Labute approximate surface area is 212 Å². The molecule has 2 aliphatic heterocycles. The number of carboxylic acids is 2. The maximum absolute atomic E-state index is 12.7. The Kier molecular flexibility index (Phi) is 10.9. The lowest BCUT2D eigenvalue weighted by Crippen LogP contribution is -2.33. The van der Waals surface area contributed by atoms with Crippen LogP contribution in [0.25, 0.3) is 0 Å². The topological polar surface area (TPSA) is 107 Å². The zero-order chi connectivity index (χ0) is 25.8. The number of piperidine rings is 1. The van der Waals surface area contributed by atoms with Gasteiger partial charge in [0.25, 0.3) is 0 Å². The number of rotatable bonds is 8. The summed E-state index contributed by atoms with van der Waals surface area (Å²) in [4.78, 5) is 34.4. The van der Waals surface area contributed by atoms with E-state index in [4.69, 9.17) is 10.2 Å². The maximum Gasteiger partial charge on any atom is 0.328 e. The summed E-state index contributed by atoms with van der Waals surface area (Å²) in [6.07, 6.45) is 7.40. The summed E-state index contributed by atoms with van der Waals surface area (Å²) in [6, 6.07) is 17.1. The average Bonchev–Trinajstić information content (AvgIpc) is 3.13. The Morgan fingerprint density at radius 3 is 2.17 bits per heavy atom. The highest BCUT2D eigenvalue weighted by Crippen LogP contribution is 2.24. The van der Waals surface area contributed by atoms with Crippen LogP contribution in [0.1, 0.15) is 52.7 Å². The number of carboxylic acid groups (broad SMARTS) is 2. The molecule has 0 atom stereocenters. The van der Waals surface area contributed by atoms with E-state index in [0.29, 0.717) is 30.3 Å². The molecule has 2 aliphatic rings. The minimum absolute atomic E-state index is 0.326. The number of carbonyl (C=O) groups excluding carboxylic acids is 1. The van der Waals surface area contributed by atoms with Crippen LogP contribution in [0.5, 0.6) is 0 Å². The predicted octanol–water partition coefficient (Wildman–Crippen LogP) is 3.96. The molecule has 3 N–H and O–H groups in total. The molecule has 0 spiro atoms. The van der Waals surface area contributed by atoms with Gasteiger partial charge in [0.15, 0.2) is 5.78 Å². The SMILES string of the molecule is O=C(CCC1CCN(Cc2ccccc2)CC1)c1ccc2c(c1)CCNCC2.O=C(O)C=CC(=O)O. The number of ketones is 1. The van der Waals surface area contributed by atoms with Crippen LogP contribution in [0.3, 0.4) is 0 Å². The van der Waals surface area contributed by atoms with Gasteiger partial charge in [-0.1, -0.05) is 42.5 Å². The quantitative estimate of drug-likeness (QED) is 0.378. The minimum Gasteiger partial charge on any atom is -0.478 e. The largest absolute Gasteiger partial charge is 0.478 e. The van der Waals surface area contributed by atoms with Crippen LogP contribution in [0, 0.1) is 5.92 Å². The number of Topliss-reactive ketones (excluding diaryl/α,β-unsaturated/α-hetero) is 1. The van der Waals surface area contributed by atoms with Gasteiger partial charge >= 0.3 is 11.9 Å². The van der Waals surface area contributed by atoms with Crippen molar-refractivity contribution in [3.05, 3.63) is 82.9 Å². The number of nitrogens with zero attached hydrogens (tertiary/aromatic N) is 1. The van der Waals surface area contributed by atoms with Crippen LogP contribution in [-0.4, -0.2) is 59.0 Å². The number of nitrogens with one attached hydrogen (secondary N) is 1. The summed E-state index contributed by atoms with van der Waals surface area (Å²) in [5.74, 6) is -1.49. The number of hydrogen-bond donors (Lipinski definition) is 3. The Morgan fingerprint density at radius 1 is 0.889 bits per heavy atom. The van der Waals surface area contributed by atoms with E-state index in [-0.39, 0.29) is 0 Å². The Hall–Kier alpha value is -3.29. The molecule has 0 saturated carbocycles. The Balaban J connectivity index is 0.000000392. The summed E-state index contributed by atoms with van der Waals surface area (Å²) >= 11 is 0. The van der Waals surface area contributed by atoms with Gasteiger partial charge in [-0.25, -0.2) is 9.59 Å². The van der Waals surface area contributed by atoms with Crippen molar-refractivity contribution < 1.29 is 24.6 Å². The van der Waals surface area contributed by atoms with E-state index in [0.717, 1.165) is 57.5 Å². The van der Waals surface area contributed by atoms with Gasteiger partial charge in [-0.05, 0) is 87.0 Å². The lowest BCUT2D eigenvalue weighted by Gasteiger charge is -2.32. The van der Waals surface area contributed by atoms with Gasteiger partial charge < -0.3 is 15.5 Å². The Morgan fingerprint density at radius 2 is 1.53 bits per heavy atom. The standard InChI is InChI=1S/C25H32N2O.C4H4O4/c28-25(24-8-7-22-10-14-26-15-11-23(22)18-24)9-6-20-12-16-27(17-13-20)19-21-4-2-1-3-5-21;5-3(6)1-2-4(7)8/h1-5,7-8,18,20,26H,6,9-17,19H2;1-2H,(H,5,6)(H,7,8). The fourth-order valence-corrected chi connectivity index (χ4v) is 4.74. The second-order valence-electron chi connectivity index (χ2n) is 9.41. The average molecular weight is 493 g/mol. The van der Waals surface area contributed by atoms with E-state index in [1.807, 2.05) is 0 Å². The van der Waals surface area contributed by atoms with Crippen molar-refractivity contribution in [3.8, 4) is 0 Å². The first kappa shape index (κ1) is 27.3. The molecule has 7 heteroatoms. The van der Waals surface area contributed by atoms with E-state index in [9.17, 15) is 14.4 Å². The Bertz CT molecular complexity index is 1030. The molecule has 7 nitrogen and oxygen atoms in total. The minimum atomic E-state index is -1.26. The zero-order valence-electron chi connectivity index (χ0n) is 20.7. The van der Waals surface area contributed by atoms with Gasteiger partial charge in [-0.3, -0.25) is 9.69 Å². The highest BCUT2D eigenvalue weighted by atomic mass is 16.4. The molecule has 0 unspecified atom stereocenters. The number of carbonyl (C=O) groups is 3. The molecule has 1 fully saturated rings. The van der Waals surface area contributed by atoms with Gasteiger partial charge in [0.05, 0.1) is 0 Å². The van der Waals surface area contributed by atoms with E-state index in [2.05, 4.69) is 58.7 Å². The molecule has 4 rings (SSSR count). The number of likely N-dealkylation sites (tertiary alicyclic amines) is 1. The van der Waals surface area contributed by atoms with E-state index in [1.165, 1.54) is 29.5 Å². The lowest BCUT2D eigenvalue weighted by molar-refractivity contribution is -0.134. The number of aliphatic carboxylic acids is 2. The first-order valence-electron chi connectivity index (χ1n) is 12.7. The van der Waals surface area contributed by atoms with Gasteiger partial charge in [0, 0.05) is 30.7 Å². The monoisotopic (exact) mass is 492 g/mol. The van der Waals surface area contributed by atoms with Crippen LogP contribution in [0.2, 0.25) is 0 Å². The van der Waals surface area contributed by atoms with Crippen molar-refractivity contribution in [1.29, 1.82) is 0 Å². The van der Waals surface area contributed by atoms with Gasteiger partial charge in [0.2, 0.25) is 0 Å². The normalized spacial score (nSPS) is 16.4.